The summed E-state index contributed by atoms with van der Waals surface area (Å²) in [6, 6.07) is 7.16. The molecule has 1 aromatic heterocycles. The van der Waals surface area contributed by atoms with Gasteiger partial charge in [-0.05, 0) is 37.3 Å². The predicted molar refractivity (Wildman–Crippen MR) is 96.2 cm³/mol. The summed E-state index contributed by atoms with van der Waals surface area (Å²) in [7, 11) is -3.65. The number of sulfonamides is 1. The van der Waals surface area contributed by atoms with E-state index in [1.54, 1.807) is 12.1 Å². The Labute approximate surface area is 151 Å². The van der Waals surface area contributed by atoms with Crippen molar-refractivity contribution in [3.05, 3.63) is 35.4 Å². The largest absolute Gasteiger partial charge is 0.296 e. The molecule has 3 rings (SSSR count). The molecule has 1 fully saturated rings. The number of piperidine rings is 1. The lowest BCUT2D eigenvalue weighted by molar-refractivity contribution is 0.102. The van der Waals surface area contributed by atoms with Crippen LogP contribution in [-0.4, -0.2) is 41.9 Å². The van der Waals surface area contributed by atoms with E-state index in [4.69, 9.17) is 0 Å². The molecule has 0 saturated carbocycles. The van der Waals surface area contributed by atoms with Gasteiger partial charge < -0.3 is 0 Å². The SMILES string of the molecule is Cc1ccccc1C(=O)Nc1nnc(S(=O)(=O)N2CCC(C)CC2)s1. The topological polar surface area (TPSA) is 92.3 Å². The van der Waals surface area contributed by atoms with Crippen LogP contribution in [0.3, 0.4) is 0 Å². The Hall–Kier alpha value is -1.84. The molecular weight excluding hydrogens is 360 g/mol. The molecule has 134 valence electrons. The number of amides is 1. The minimum Gasteiger partial charge on any atom is -0.296 e. The lowest BCUT2D eigenvalue weighted by Gasteiger charge is -2.28. The number of aryl methyl sites for hydroxylation is 1. The van der Waals surface area contributed by atoms with E-state index >= 15 is 0 Å². The third-order valence-corrected chi connectivity index (χ3v) is 7.40. The lowest BCUT2D eigenvalue weighted by Crippen LogP contribution is -2.37. The number of nitrogens with one attached hydrogen (secondary N) is 1. The van der Waals surface area contributed by atoms with Crippen LogP contribution in [0.4, 0.5) is 5.13 Å². The summed E-state index contributed by atoms with van der Waals surface area (Å²) in [4.78, 5) is 12.3. The predicted octanol–water partition coefficient (Wildman–Crippen LogP) is 2.52. The van der Waals surface area contributed by atoms with Gasteiger partial charge in [0.1, 0.15) is 0 Å². The fourth-order valence-corrected chi connectivity index (χ4v) is 5.20. The quantitative estimate of drug-likeness (QED) is 0.823. The molecule has 0 unspecified atom stereocenters. The lowest BCUT2D eigenvalue weighted by atomic mass is 10.0. The maximum atomic E-state index is 12.6. The van der Waals surface area contributed by atoms with Crippen LogP contribution in [0, 0.1) is 12.8 Å². The molecule has 1 N–H and O–H groups in total. The van der Waals surface area contributed by atoms with Crippen LogP contribution >= 0.6 is 11.3 Å². The van der Waals surface area contributed by atoms with Gasteiger partial charge in [0.15, 0.2) is 0 Å². The van der Waals surface area contributed by atoms with Gasteiger partial charge in [-0.15, -0.1) is 10.2 Å². The molecule has 0 aliphatic carbocycles. The van der Waals surface area contributed by atoms with E-state index in [2.05, 4.69) is 22.4 Å². The molecule has 0 bridgehead atoms. The minimum atomic E-state index is -3.65. The first-order chi connectivity index (χ1) is 11.9. The molecule has 0 spiro atoms. The van der Waals surface area contributed by atoms with Crippen molar-refractivity contribution >= 4 is 32.4 Å². The first-order valence-electron chi connectivity index (χ1n) is 8.08. The first kappa shape index (κ1) is 18.0. The molecular formula is C16H20N4O3S2. The maximum Gasteiger partial charge on any atom is 0.272 e. The fraction of sp³-hybridized carbons (Fsp3) is 0.438. The highest BCUT2D eigenvalue weighted by Gasteiger charge is 2.31. The van der Waals surface area contributed by atoms with E-state index < -0.39 is 10.0 Å². The van der Waals surface area contributed by atoms with Crippen molar-refractivity contribution in [3.63, 3.8) is 0 Å². The summed E-state index contributed by atoms with van der Waals surface area (Å²) < 4.78 is 26.6. The van der Waals surface area contributed by atoms with E-state index in [9.17, 15) is 13.2 Å². The van der Waals surface area contributed by atoms with Crippen LogP contribution < -0.4 is 5.32 Å². The van der Waals surface area contributed by atoms with Crippen molar-refractivity contribution in [2.24, 2.45) is 5.92 Å². The van der Waals surface area contributed by atoms with Gasteiger partial charge in [-0.2, -0.15) is 4.31 Å². The molecule has 1 aromatic carbocycles. The van der Waals surface area contributed by atoms with Crippen molar-refractivity contribution < 1.29 is 13.2 Å². The molecule has 1 aliphatic rings. The molecule has 25 heavy (non-hydrogen) atoms. The monoisotopic (exact) mass is 380 g/mol. The average molecular weight is 380 g/mol. The molecule has 1 saturated heterocycles. The van der Waals surface area contributed by atoms with Gasteiger partial charge in [-0.3, -0.25) is 10.1 Å². The molecule has 2 aromatic rings. The summed E-state index contributed by atoms with van der Waals surface area (Å²) in [5, 5.41) is 10.4. The zero-order valence-corrected chi connectivity index (χ0v) is 15.7. The normalized spacial score (nSPS) is 16.7. The van der Waals surface area contributed by atoms with E-state index in [1.165, 1.54) is 4.31 Å². The van der Waals surface area contributed by atoms with Crippen molar-refractivity contribution in [2.75, 3.05) is 18.4 Å². The molecule has 2 heterocycles. The molecule has 1 aliphatic heterocycles. The number of aromatic nitrogens is 2. The third kappa shape index (κ3) is 3.88. The Bertz CT molecular complexity index is 871. The van der Waals surface area contributed by atoms with Crippen molar-refractivity contribution in [3.8, 4) is 0 Å². The summed E-state index contributed by atoms with van der Waals surface area (Å²) in [6.45, 7) is 4.94. The van der Waals surface area contributed by atoms with Crippen LogP contribution in [0.15, 0.2) is 28.6 Å². The summed E-state index contributed by atoms with van der Waals surface area (Å²) in [5.41, 5.74) is 1.35. The molecule has 7 nitrogen and oxygen atoms in total. The average Bonchev–Trinajstić information content (AvgIpc) is 3.05. The second-order valence-corrected chi connectivity index (χ2v) is 9.32. The summed E-state index contributed by atoms with van der Waals surface area (Å²) >= 11 is 0.879. The number of anilines is 1. The standard InChI is InChI=1S/C16H20N4O3S2/c1-11-7-9-20(10-8-11)25(22,23)16-19-18-15(24-16)17-14(21)13-6-4-3-5-12(13)2/h3-6,11H,7-10H2,1-2H3,(H,17,18,21). The van der Waals surface area contributed by atoms with Gasteiger partial charge in [0.25, 0.3) is 15.9 Å². The van der Waals surface area contributed by atoms with Crippen LogP contribution in [0.1, 0.15) is 35.7 Å². The molecule has 1 amide bonds. The van der Waals surface area contributed by atoms with Crippen LogP contribution in [0.2, 0.25) is 0 Å². The number of benzene rings is 1. The van der Waals surface area contributed by atoms with Crippen molar-refractivity contribution in [1.29, 1.82) is 0 Å². The Balaban J connectivity index is 1.74. The first-order valence-corrected chi connectivity index (χ1v) is 10.3. The van der Waals surface area contributed by atoms with Crippen molar-refractivity contribution in [2.45, 2.75) is 31.0 Å². The number of nitrogens with zero attached hydrogens (tertiary/aromatic N) is 3. The highest BCUT2D eigenvalue weighted by molar-refractivity contribution is 7.91. The fourth-order valence-electron chi connectivity index (χ4n) is 2.69. The number of carbonyl (C=O) groups is 1. The third-order valence-electron chi connectivity index (χ3n) is 4.32. The van der Waals surface area contributed by atoms with E-state index in [0.29, 0.717) is 24.6 Å². The second-order valence-electron chi connectivity index (χ2n) is 6.23. The van der Waals surface area contributed by atoms with Gasteiger partial charge in [0.05, 0.1) is 0 Å². The maximum absolute atomic E-state index is 12.6. The zero-order valence-electron chi connectivity index (χ0n) is 14.1. The van der Waals surface area contributed by atoms with Gasteiger partial charge in [0, 0.05) is 18.7 Å². The summed E-state index contributed by atoms with van der Waals surface area (Å²) in [6.07, 6.45) is 1.68. The number of carbonyl (C=O) groups excluding carboxylic acids is 1. The zero-order chi connectivity index (χ0) is 18.0. The van der Waals surface area contributed by atoms with Gasteiger partial charge in [-0.1, -0.05) is 36.5 Å². The summed E-state index contributed by atoms with van der Waals surface area (Å²) in [5.74, 6) is 0.204. The number of hydrogen-bond donors (Lipinski definition) is 1. The Morgan fingerprint density at radius 1 is 1.24 bits per heavy atom. The number of rotatable bonds is 4. The second kappa shape index (κ2) is 7.19. The Kier molecular flexibility index (Phi) is 5.16. The smallest absolute Gasteiger partial charge is 0.272 e. The highest BCUT2D eigenvalue weighted by atomic mass is 32.2. The molecule has 0 atom stereocenters. The van der Waals surface area contributed by atoms with Crippen LogP contribution in [-0.2, 0) is 10.0 Å². The molecule has 9 heteroatoms. The van der Waals surface area contributed by atoms with Crippen molar-refractivity contribution in [1.82, 2.24) is 14.5 Å². The van der Waals surface area contributed by atoms with Gasteiger partial charge in [-0.25, -0.2) is 8.42 Å². The van der Waals surface area contributed by atoms with E-state index in [1.807, 2.05) is 19.1 Å². The van der Waals surface area contributed by atoms with E-state index in [0.717, 1.165) is 29.7 Å². The van der Waals surface area contributed by atoms with Crippen LogP contribution in [0.5, 0.6) is 0 Å². The Morgan fingerprint density at radius 3 is 2.60 bits per heavy atom. The van der Waals surface area contributed by atoms with Gasteiger partial charge >= 0.3 is 0 Å². The minimum absolute atomic E-state index is 0.0814. The highest BCUT2D eigenvalue weighted by Crippen LogP contribution is 2.27. The van der Waals surface area contributed by atoms with Crippen LogP contribution in [0.25, 0.3) is 0 Å². The van der Waals surface area contributed by atoms with Gasteiger partial charge in [0.2, 0.25) is 9.47 Å². The Morgan fingerprint density at radius 2 is 1.92 bits per heavy atom. The van der Waals surface area contributed by atoms with E-state index in [-0.39, 0.29) is 15.4 Å². The molecule has 0 radical (unpaired) electrons. The number of hydrogen-bond acceptors (Lipinski definition) is 6.